The smallest absolute Gasteiger partial charge is 0.186 e. The topological polar surface area (TPSA) is 56.0 Å². The zero-order valence-electron chi connectivity index (χ0n) is 7.78. The van der Waals surface area contributed by atoms with Gasteiger partial charge in [0.05, 0.1) is 23.2 Å². The van der Waals surface area contributed by atoms with Crippen LogP contribution in [0.25, 0.3) is 0 Å². The molecule has 0 saturated heterocycles. The first kappa shape index (κ1) is 10.6. The molecule has 0 radical (unpaired) electrons. The van der Waals surface area contributed by atoms with E-state index in [0.717, 1.165) is 5.56 Å². The second-order valence-corrected chi connectivity index (χ2v) is 3.70. The summed E-state index contributed by atoms with van der Waals surface area (Å²) in [7, 11) is 0. The molecule has 0 fully saturated rings. The summed E-state index contributed by atoms with van der Waals surface area (Å²) in [5, 5.41) is 0.0713. The summed E-state index contributed by atoms with van der Waals surface area (Å²) in [4.78, 5) is 14.4. The van der Waals surface area contributed by atoms with Crippen molar-refractivity contribution in [3.63, 3.8) is 0 Å². The van der Waals surface area contributed by atoms with E-state index in [2.05, 4.69) is 16.8 Å². The molecule has 1 aromatic rings. The van der Waals surface area contributed by atoms with Gasteiger partial charge in [-0.25, -0.2) is 0 Å². The maximum absolute atomic E-state index is 10.6. The third-order valence-corrected chi connectivity index (χ3v) is 2.12. The highest BCUT2D eigenvalue weighted by Gasteiger charge is 1.92. The van der Waals surface area contributed by atoms with E-state index in [1.807, 2.05) is 0 Å². The van der Waals surface area contributed by atoms with E-state index in [1.165, 1.54) is 18.7 Å². The van der Waals surface area contributed by atoms with Crippen molar-refractivity contribution in [2.45, 2.75) is 6.92 Å². The number of carbonyl (C=O) groups excluding carboxylic acids is 1. The first-order valence-electron chi connectivity index (χ1n) is 4.02. The third-order valence-electron chi connectivity index (χ3n) is 1.42. The van der Waals surface area contributed by atoms with Gasteiger partial charge in [-0.1, -0.05) is 23.6 Å². The minimum absolute atomic E-state index is 0.0713. The van der Waals surface area contributed by atoms with Crippen molar-refractivity contribution in [3.8, 4) is 11.8 Å². The highest BCUT2D eigenvalue weighted by molar-refractivity contribution is 8.13. The van der Waals surface area contributed by atoms with Crippen LogP contribution in [0.4, 0.5) is 5.69 Å². The molecule has 0 atom stereocenters. The fourth-order valence-corrected chi connectivity index (χ4v) is 1.14. The molecule has 14 heavy (non-hydrogen) atoms. The average Bonchev–Trinajstić information content (AvgIpc) is 2.15. The molecular formula is C10H10N2OS. The Morgan fingerprint density at radius 1 is 1.71 bits per heavy atom. The quantitative estimate of drug-likeness (QED) is 0.703. The lowest BCUT2D eigenvalue weighted by molar-refractivity contribution is -0.109. The Morgan fingerprint density at radius 3 is 3.14 bits per heavy atom. The summed E-state index contributed by atoms with van der Waals surface area (Å²) in [6.45, 7) is 1.52. The van der Waals surface area contributed by atoms with Crippen LogP contribution in [0.5, 0.6) is 0 Å². The van der Waals surface area contributed by atoms with E-state index in [9.17, 15) is 4.79 Å². The Morgan fingerprint density at radius 2 is 2.50 bits per heavy atom. The molecule has 1 heterocycles. The van der Waals surface area contributed by atoms with Crippen molar-refractivity contribution in [2.24, 2.45) is 0 Å². The highest BCUT2D eigenvalue weighted by Crippen LogP contribution is 2.06. The third kappa shape index (κ3) is 3.50. The first-order chi connectivity index (χ1) is 6.70. The molecule has 0 amide bonds. The number of hydrogen-bond acceptors (Lipinski definition) is 4. The Labute approximate surface area is 87.1 Å². The molecule has 0 aliphatic rings. The van der Waals surface area contributed by atoms with Gasteiger partial charge in [0.2, 0.25) is 0 Å². The van der Waals surface area contributed by atoms with Crippen molar-refractivity contribution in [2.75, 3.05) is 11.5 Å². The van der Waals surface area contributed by atoms with Gasteiger partial charge in [-0.3, -0.25) is 9.78 Å². The van der Waals surface area contributed by atoms with E-state index >= 15 is 0 Å². The summed E-state index contributed by atoms with van der Waals surface area (Å²) in [6.07, 6.45) is 3.20. The molecule has 0 saturated carbocycles. The van der Waals surface area contributed by atoms with Crippen molar-refractivity contribution in [3.05, 3.63) is 24.0 Å². The molecule has 0 spiro atoms. The number of nitrogen functional groups attached to an aromatic ring is 1. The molecule has 4 heteroatoms. The summed E-state index contributed by atoms with van der Waals surface area (Å²) in [5.74, 6) is 6.24. The molecule has 0 bridgehead atoms. The van der Waals surface area contributed by atoms with Crippen LogP contribution < -0.4 is 5.73 Å². The summed E-state index contributed by atoms with van der Waals surface area (Å²) < 4.78 is 0. The molecule has 0 aliphatic heterocycles. The first-order valence-corrected chi connectivity index (χ1v) is 5.00. The molecule has 0 aliphatic carbocycles. The van der Waals surface area contributed by atoms with Crippen molar-refractivity contribution in [1.29, 1.82) is 0 Å². The van der Waals surface area contributed by atoms with Gasteiger partial charge in [0.15, 0.2) is 5.12 Å². The van der Waals surface area contributed by atoms with Crippen molar-refractivity contribution >= 4 is 22.6 Å². The monoisotopic (exact) mass is 206 g/mol. The Balaban J connectivity index is 2.59. The van der Waals surface area contributed by atoms with Gasteiger partial charge in [-0.15, -0.1) is 0 Å². The largest absolute Gasteiger partial charge is 0.396 e. The van der Waals surface area contributed by atoms with E-state index < -0.39 is 0 Å². The van der Waals surface area contributed by atoms with E-state index in [0.29, 0.717) is 11.4 Å². The van der Waals surface area contributed by atoms with Crippen molar-refractivity contribution < 1.29 is 4.79 Å². The van der Waals surface area contributed by atoms with Crippen LogP contribution in [0.15, 0.2) is 18.5 Å². The van der Waals surface area contributed by atoms with Gasteiger partial charge in [-0.05, 0) is 6.07 Å². The number of nitrogens with two attached hydrogens (primary N) is 1. The molecule has 0 aromatic carbocycles. The van der Waals surface area contributed by atoms with Crippen molar-refractivity contribution in [1.82, 2.24) is 4.98 Å². The molecule has 0 unspecified atom stereocenters. The number of rotatable bonds is 1. The number of thioether (sulfide) groups is 1. The Hall–Kier alpha value is -1.47. The Kier molecular flexibility index (Phi) is 4.02. The Bertz CT molecular complexity index is 393. The number of carbonyl (C=O) groups is 1. The maximum atomic E-state index is 10.6. The lowest BCUT2D eigenvalue weighted by Crippen LogP contribution is -1.90. The molecular weight excluding hydrogens is 196 g/mol. The number of hydrogen-bond donors (Lipinski definition) is 1. The fraction of sp³-hybridized carbons (Fsp3) is 0.200. The second-order valence-electron chi connectivity index (χ2n) is 2.54. The molecule has 1 rings (SSSR count). The number of pyridine rings is 1. The van der Waals surface area contributed by atoms with Crippen LogP contribution in [0, 0.1) is 11.8 Å². The van der Waals surface area contributed by atoms with Gasteiger partial charge < -0.3 is 5.73 Å². The number of nitrogens with zero attached hydrogens (tertiary/aromatic N) is 1. The van der Waals surface area contributed by atoms with Gasteiger partial charge in [-0.2, -0.15) is 0 Å². The van der Waals surface area contributed by atoms with E-state index in [1.54, 1.807) is 18.5 Å². The zero-order chi connectivity index (χ0) is 10.4. The van der Waals surface area contributed by atoms with Crippen LogP contribution in [-0.4, -0.2) is 15.9 Å². The number of anilines is 1. The van der Waals surface area contributed by atoms with Crippen LogP contribution >= 0.6 is 11.8 Å². The SMILES string of the molecule is CC(=O)SCC#Cc1ccncc1N. The minimum Gasteiger partial charge on any atom is -0.396 e. The molecule has 3 nitrogen and oxygen atoms in total. The average molecular weight is 206 g/mol. The highest BCUT2D eigenvalue weighted by atomic mass is 32.2. The summed E-state index contributed by atoms with van der Waals surface area (Å²) in [6, 6.07) is 1.75. The van der Waals surface area contributed by atoms with E-state index in [4.69, 9.17) is 5.73 Å². The second kappa shape index (κ2) is 5.30. The predicted molar refractivity (Wildman–Crippen MR) is 58.7 cm³/mol. The number of aromatic nitrogens is 1. The fourth-order valence-electron chi connectivity index (χ4n) is 0.790. The lowest BCUT2D eigenvalue weighted by atomic mass is 10.2. The van der Waals surface area contributed by atoms with Gasteiger partial charge in [0.1, 0.15) is 0 Å². The molecule has 1 aromatic heterocycles. The molecule has 2 N–H and O–H groups in total. The normalized spacial score (nSPS) is 8.93. The van der Waals surface area contributed by atoms with Gasteiger partial charge in [0.25, 0.3) is 0 Å². The van der Waals surface area contributed by atoms with Crippen LogP contribution in [-0.2, 0) is 4.79 Å². The standard InChI is InChI=1S/C10H10N2OS/c1-8(13)14-6-2-3-9-4-5-12-7-10(9)11/h4-5,7H,6,11H2,1H3. The molecule has 72 valence electrons. The zero-order valence-corrected chi connectivity index (χ0v) is 8.60. The minimum atomic E-state index is 0.0713. The van der Waals surface area contributed by atoms with E-state index in [-0.39, 0.29) is 5.12 Å². The predicted octanol–water partition coefficient (Wildman–Crippen LogP) is 1.29. The van der Waals surface area contributed by atoms with Gasteiger partial charge in [0, 0.05) is 13.1 Å². The lowest BCUT2D eigenvalue weighted by Gasteiger charge is -1.93. The summed E-state index contributed by atoms with van der Waals surface area (Å²) in [5.41, 5.74) is 6.94. The van der Waals surface area contributed by atoms with Crippen LogP contribution in [0.1, 0.15) is 12.5 Å². The van der Waals surface area contributed by atoms with Crippen LogP contribution in [0.2, 0.25) is 0 Å². The van der Waals surface area contributed by atoms with Crippen LogP contribution in [0.3, 0.4) is 0 Å². The van der Waals surface area contributed by atoms with Gasteiger partial charge >= 0.3 is 0 Å². The summed E-state index contributed by atoms with van der Waals surface area (Å²) >= 11 is 1.19. The maximum Gasteiger partial charge on any atom is 0.186 e.